The number of carbonyl (C=O) groups excluding carboxylic acids is 1. The molecule has 0 aliphatic carbocycles. The van der Waals surface area contributed by atoms with Crippen molar-refractivity contribution in [3.05, 3.63) is 59.9 Å². The van der Waals surface area contributed by atoms with Crippen LogP contribution in [0, 0.1) is 0 Å². The molecular weight excluding hydrogens is 378 g/mol. The number of hydrogen-bond acceptors (Lipinski definition) is 6. The zero-order valence-electron chi connectivity index (χ0n) is 16.0. The SMILES string of the molecule is CS(=O)(=O)CCN1CCN(C(=O)c2cccc(OCc3cccnc3)c2)CC1. The second-order valence-corrected chi connectivity index (χ2v) is 9.20. The summed E-state index contributed by atoms with van der Waals surface area (Å²) in [7, 11) is -2.97. The maximum absolute atomic E-state index is 12.8. The van der Waals surface area contributed by atoms with Gasteiger partial charge in [-0.05, 0) is 24.3 Å². The maximum atomic E-state index is 12.8. The fourth-order valence-electron chi connectivity index (χ4n) is 3.02. The predicted molar refractivity (Wildman–Crippen MR) is 107 cm³/mol. The van der Waals surface area contributed by atoms with Gasteiger partial charge in [-0.3, -0.25) is 14.7 Å². The normalized spacial score (nSPS) is 15.4. The standard InChI is InChI=1S/C20H25N3O4S/c1-28(25,26)13-12-22-8-10-23(11-9-22)20(24)18-5-2-6-19(14-18)27-16-17-4-3-7-21-15-17/h2-7,14-15H,8-13,16H2,1H3. The number of pyridine rings is 1. The number of amides is 1. The van der Waals surface area contributed by atoms with E-state index in [0.29, 0.717) is 50.6 Å². The van der Waals surface area contributed by atoms with E-state index in [9.17, 15) is 13.2 Å². The lowest BCUT2D eigenvalue weighted by atomic mass is 10.1. The average Bonchev–Trinajstić information content (AvgIpc) is 2.71. The van der Waals surface area contributed by atoms with Crippen LogP contribution in [0.4, 0.5) is 0 Å². The molecule has 0 radical (unpaired) electrons. The van der Waals surface area contributed by atoms with Gasteiger partial charge in [0.05, 0.1) is 5.75 Å². The lowest BCUT2D eigenvalue weighted by molar-refractivity contribution is 0.0643. The minimum Gasteiger partial charge on any atom is -0.489 e. The zero-order valence-corrected chi connectivity index (χ0v) is 16.8. The molecule has 0 atom stereocenters. The molecule has 1 aliphatic rings. The van der Waals surface area contributed by atoms with Crippen LogP contribution in [-0.2, 0) is 16.4 Å². The Morgan fingerprint density at radius 2 is 1.93 bits per heavy atom. The van der Waals surface area contributed by atoms with E-state index in [1.807, 2.05) is 24.3 Å². The molecule has 28 heavy (non-hydrogen) atoms. The highest BCUT2D eigenvalue weighted by Gasteiger charge is 2.22. The first kappa shape index (κ1) is 20.3. The molecule has 3 rings (SSSR count). The highest BCUT2D eigenvalue weighted by Crippen LogP contribution is 2.17. The summed E-state index contributed by atoms with van der Waals surface area (Å²) in [6.45, 7) is 3.44. The summed E-state index contributed by atoms with van der Waals surface area (Å²) < 4.78 is 28.4. The quantitative estimate of drug-likeness (QED) is 0.696. The Kier molecular flexibility index (Phi) is 6.64. The molecule has 1 saturated heterocycles. The maximum Gasteiger partial charge on any atom is 0.254 e. The number of ether oxygens (including phenoxy) is 1. The Hall–Kier alpha value is -2.45. The Bertz CT molecular complexity index is 895. The molecule has 1 aromatic heterocycles. The van der Waals surface area contributed by atoms with Crippen molar-refractivity contribution in [3.63, 3.8) is 0 Å². The van der Waals surface area contributed by atoms with Crippen molar-refractivity contribution in [2.45, 2.75) is 6.61 Å². The van der Waals surface area contributed by atoms with E-state index >= 15 is 0 Å². The number of piperazine rings is 1. The van der Waals surface area contributed by atoms with E-state index in [1.165, 1.54) is 6.26 Å². The molecule has 2 aromatic rings. The van der Waals surface area contributed by atoms with Crippen molar-refractivity contribution in [3.8, 4) is 5.75 Å². The summed E-state index contributed by atoms with van der Waals surface area (Å²) in [6.07, 6.45) is 4.71. The lowest BCUT2D eigenvalue weighted by Crippen LogP contribution is -2.49. The second-order valence-electron chi connectivity index (χ2n) is 6.94. The fourth-order valence-corrected chi connectivity index (χ4v) is 3.61. The molecule has 0 spiro atoms. The van der Waals surface area contributed by atoms with Crippen LogP contribution in [0.3, 0.4) is 0 Å². The molecule has 0 bridgehead atoms. The van der Waals surface area contributed by atoms with Gasteiger partial charge in [-0.15, -0.1) is 0 Å². The van der Waals surface area contributed by atoms with Crippen molar-refractivity contribution < 1.29 is 17.9 Å². The van der Waals surface area contributed by atoms with Crippen molar-refractivity contribution in [2.75, 3.05) is 44.7 Å². The van der Waals surface area contributed by atoms with Crippen molar-refractivity contribution in [2.24, 2.45) is 0 Å². The molecule has 0 unspecified atom stereocenters. The van der Waals surface area contributed by atoms with Gasteiger partial charge in [0.15, 0.2) is 0 Å². The monoisotopic (exact) mass is 403 g/mol. The smallest absolute Gasteiger partial charge is 0.254 e. The van der Waals surface area contributed by atoms with Gasteiger partial charge in [-0.2, -0.15) is 0 Å². The van der Waals surface area contributed by atoms with Crippen LogP contribution in [0.1, 0.15) is 15.9 Å². The Morgan fingerprint density at radius 1 is 1.14 bits per heavy atom. The number of aromatic nitrogens is 1. The van der Waals surface area contributed by atoms with Gasteiger partial charge in [-0.25, -0.2) is 8.42 Å². The molecule has 0 saturated carbocycles. The number of hydrogen-bond donors (Lipinski definition) is 0. The molecule has 8 heteroatoms. The average molecular weight is 404 g/mol. The molecule has 0 N–H and O–H groups in total. The van der Waals surface area contributed by atoms with Gasteiger partial charge < -0.3 is 9.64 Å². The summed E-state index contributed by atoms with van der Waals surface area (Å²) in [5.41, 5.74) is 1.55. The molecule has 7 nitrogen and oxygen atoms in total. The number of rotatable bonds is 7. The van der Waals surface area contributed by atoms with Crippen LogP contribution in [0.25, 0.3) is 0 Å². The highest BCUT2D eigenvalue weighted by atomic mass is 32.2. The molecule has 1 amide bonds. The van der Waals surface area contributed by atoms with Crippen molar-refractivity contribution in [1.82, 2.24) is 14.8 Å². The van der Waals surface area contributed by atoms with Crippen LogP contribution in [-0.4, -0.2) is 73.8 Å². The van der Waals surface area contributed by atoms with Gasteiger partial charge >= 0.3 is 0 Å². The van der Waals surface area contributed by atoms with E-state index in [4.69, 9.17) is 4.74 Å². The third-order valence-electron chi connectivity index (χ3n) is 4.65. The van der Waals surface area contributed by atoms with Gasteiger partial charge in [0, 0.05) is 62.5 Å². The van der Waals surface area contributed by atoms with E-state index in [2.05, 4.69) is 9.88 Å². The van der Waals surface area contributed by atoms with Crippen LogP contribution in [0.15, 0.2) is 48.8 Å². The van der Waals surface area contributed by atoms with E-state index in [-0.39, 0.29) is 11.7 Å². The molecular formula is C20H25N3O4S. The van der Waals surface area contributed by atoms with Gasteiger partial charge in [0.1, 0.15) is 22.2 Å². The Labute approximate surface area is 165 Å². The van der Waals surface area contributed by atoms with Crippen LogP contribution < -0.4 is 4.74 Å². The topological polar surface area (TPSA) is 79.8 Å². The number of carbonyl (C=O) groups is 1. The molecule has 1 fully saturated rings. The van der Waals surface area contributed by atoms with Gasteiger partial charge in [0.2, 0.25) is 0 Å². The number of nitrogens with zero attached hydrogens (tertiary/aromatic N) is 3. The summed E-state index contributed by atoms with van der Waals surface area (Å²) >= 11 is 0. The predicted octanol–water partition coefficient (Wildman–Crippen LogP) is 1.46. The minimum atomic E-state index is -2.97. The number of sulfone groups is 1. The summed E-state index contributed by atoms with van der Waals surface area (Å²) in [4.78, 5) is 20.7. The van der Waals surface area contributed by atoms with E-state index in [0.717, 1.165) is 5.56 Å². The first-order valence-electron chi connectivity index (χ1n) is 9.22. The second kappa shape index (κ2) is 9.16. The number of benzene rings is 1. The van der Waals surface area contributed by atoms with E-state index in [1.54, 1.807) is 29.4 Å². The van der Waals surface area contributed by atoms with Gasteiger partial charge in [0.25, 0.3) is 5.91 Å². The molecule has 150 valence electrons. The first-order valence-corrected chi connectivity index (χ1v) is 11.3. The van der Waals surface area contributed by atoms with Gasteiger partial charge in [-0.1, -0.05) is 12.1 Å². The molecule has 1 aliphatic heterocycles. The van der Waals surface area contributed by atoms with Crippen molar-refractivity contribution >= 4 is 15.7 Å². The summed E-state index contributed by atoms with van der Waals surface area (Å²) in [5, 5.41) is 0. The first-order chi connectivity index (χ1) is 13.4. The molecule has 2 heterocycles. The highest BCUT2D eigenvalue weighted by molar-refractivity contribution is 7.90. The zero-order chi connectivity index (χ0) is 20.0. The molecule has 1 aromatic carbocycles. The largest absolute Gasteiger partial charge is 0.489 e. The summed E-state index contributed by atoms with van der Waals surface area (Å²) in [6, 6.07) is 11.0. The van der Waals surface area contributed by atoms with E-state index < -0.39 is 9.84 Å². The summed E-state index contributed by atoms with van der Waals surface area (Å²) in [5.74, 6) is 0.758. The minimum absolute atomic E-state index is 0.0328. The van der Waals surface area contributed by atoms with Crippen LogP contribution in [0.2, 0.25) is 0 Å². The Morgan fingerprint density at radius 3 is 2.61 bits per heavy atom. The Balaban J connectivity index is 1.53. The van der Waals surface area contributed by atoms with Crippen LogP contribution in [0.5, 0.6) is 5.75 Å². The lowest BCUT2D eigenvalue weighted by Gasteiger charge is -2.34. The van der Waals surface area contributed by atoms with Crippen LogP contribution >= 0.6 is 0 Å². The van der Waals surface area contributed by atoms with Crippen molar-refractivity contribution in [1.29, 1.82) is 0 Å². The third-order valence-corrected chi connectivity index (χ3v) is 5.57. The third kappa shape index (κ3) is 6.03. The fraction of sp³-hybridized carbons (Fsp3) is 0.400.